The lowest BCUT2D eigenvalue weighted by atomic mass is 10.1. The summed E-state index contributed by atoms with van der Waals surface area (Å²) in [5.74, 6) is -1.15. The lowest BCUT2D eigenvalue weighted by Gasteiger charge is -2.10. The van der Waals surface area contributed by atoms with Gasteiger partial charge in [-0.05, 0) is 25.1 Å². The largest absolute Gasteiger partial charge is 0.497 e. The van der Waals surface area contributed by atoms with Crippen LogP contribution in [0.3, 0.4) is 0 Å². The Hall–Kier alpha value is -2.83. The van der Waals surface area contributed by atoms with Crippen molar-refractivity contribution in [1.82, 2.24) is 9.78 Å². The van der Waals surface area contributed by atoms with E-state index in [9.17, 15) is 14.7 Å². The molecule has 1 heterocycles. The summed E-state index contributed by atoms with van der Waals surface area (Å²) in [5.41, 5.74) is 1.25. The zero-order valence-corrected chi connectivity index (χ0v) is 11.9. The number of hydrogen-bond acceptors (Lipinski definition) is 4. The Kier molecular flexibility index (Phi) is 3.93. The Morgan fingerprint density at radius 2 is 2.05 bits per heavy atom. The van der Waals surface area contributed by atoms with Gasteiger partial charge in [-0.2, -0.15) is 5.10 Å². The number of aromatic nitrogens is 2. The first-order valence-corrected chi connectivity index (χ1v) is 6.15. The highest BCUT2D eigenvalue weighted by molar-refractivity contribution is 6.08. The predicted molar refractivity (Wildman–Crippen MR) is 75.9 cm³/mol. The molecular formula is C14H15N3O4. The minimum absolute atomic E-state index is 0.0377. The van der Waals surface area contributed by atoms with E-state index in [4.69, 9.17) is 4.74 Å². The molecule has 110 valence electrons. The fourth-order valence-electron chi connectivity index (χ4n) is 1.85. The van der Waals surface area contributed by atoms with Crippen molar-refractivity contribution in [3.05, 3.63) is 41.2 Å². The molecule has 0 aliphatic heterocycles. The lowest BCUT2D eigenvalue weighted by Crippen LogP contribution is -2.15. The van der Waals surface area contributed by atoms with Crippen LogP contribution in [-0.2, 0) is 7.05 Å². The standard InChI is InChI=1S/C14H15N3O4/c1-8-11(7-15-17(8)2)13(18)16-12-5-4-9(21-3)6-10(12)14(19)20/h4-7H,1-3H3,(H,16,18)(H,19,20). The van der Waals surface area contributed by atoms with Crippen molar-refractivity contribution < 1.29 is 19.4 Å². The molecule has 0 radical (unpaired) electrons. The van der Waals surface area contributed by atoms with Crippen LogP contribution in [0.2, 0.25) is 0 Å². The van der Waals surface area contributed by atoms with Gasteiger partial charge < -0.3 is 15.2 Å². The molecule has 0 aliphatic carbocycles. The van der Waals surface area contributed by atoms with Gasteiger partial charge in [-0.3, -0.25) is 9.48 Å². The predicted octanol–water partition coefficient (Wildman–Crippen LogP) is 1.69. The molecule has 2 aromatic rings. The second kappa shape index (κ2) is 5.66. The van der Waals surface area contributed by atoms with Gasteiger partial charge in [0.2, 0.25) is 0 Å². The lowest BCUT2D eigenvalue weighted by molar-refractivity contribution is 0.0697. The molecule has 0 fully saturated rings. The van der Waals surface area contributed by atoms with Crippen LogP contribution in [0.1, 0.15) is 26.4 Å². The Morgan fingerprint density at radius 1 is 1.33 bits per heavy atom. The number of carboxylic acids is 1. The summed E-state index contributed by atoms with van der Waals surface area (Å²) >= 11 is 0. The van der Waals surface area contributed by atoms with Gasteiger partial charge in [-0.15, -0.1) is 0 Å². The first-order chi connectivity index (χ1) is 9.93. The number of carbonyl (C=O) groups is 2. The van der Waals surface area contributed by atoms with E-state index in [1.807, 2.05) is 0 Å². The van der Waals surface area contributed by atoms with Gasteiger partial charge in [-0.25, -0.2) is 4.79 Å². The van der Waals surface area contributed by atoms with E-state index in [0.29, 0.717) is 17.0 Å². The summed E-state index contributed by atoms with van der Waals surface area (Å²) < 4.78 is 6.55. The molecule has 1 aromatic carbocycles. The van der Waals surface area contributed by atoms with Crippen LogP contribution in [0.4, 0.5) is 5.69 Å². The molecular weight excluding hydrogens is 274 g/mol. The Bertz CT molecular complexity index is 706. The highest BCUT2D eigenvalue weighted by Gasteiger charge is 2.17. The third kappa shape index (κ3) is 2.86. The molecule has 21 heavy (non-hydrogen) atoms. The van der Waals surface area contributed by atoms with Crippen LogP contribution in [0.5, 0.6) is 5.75 Å². The Morgan fingerprint density at radius 3 is 2.57 bits per heavy atom. The number of nitrogens with one attached hydrogen (secondary N) is 1. The summed E-state index contributed by atoms with van der Waals surface area (Å²) in [7, 11) is 3.17. The van der Waals surface area contributed by atoms with Crippen molar-refractivity contribution in [2.24, 2.45) is 7.05 Å². The molecule has 2 rings (SSSR count). The molecule has 0 unspecified atom stereocenters. The van der Waals surface area contributed by atoms with E-state index >= 15 is 0 Å². The molecule has 0 spiro atoms. The number of aromatic carboxylic acids is 1. The van der Waals surface area contributed by atoms with Crippen molar-refractivity contribution in [3.63, 3.8) is 0 Å². The number of benzene rings is 1. The SMILES string of the molecule is COc1ccc(NC(=O)c2cnn(C)c2C)c(C(=O)O)c1. The van der Waals surface area contributed by atoms with Crippen LogP contribution >= 0.6 is 0 Å². The summed E-state index contributed by atoms with van der Waals surface area (Å²) in [5, 5.41) is 15.8. The molecule has 0 saturated heterocycles. The van der Waals surface area contributed by atoms with Gasteiger partial charge in [0.05, 0.1) is 30.1 Å². The number of anilines is 1. The van der Waals surface area contributed by atoms with Gasteiger partial charge in [0, 0.05) is 12.7 Å². The van der Waals surface area contributed by atoms with Gasteiger partial charge in [0.15, 0.2) is 0 Å². The van der Waals surface area contributed by atoms with Gasteiger partial charge in [0.1, 0.15) is 5.75 Å². The van der Waals surface area contributed by atoms with E-state index < -0.39 is 11.9 Å². The third-order valence-electron chi connectivity index (χ3n) is 3.19. The summed E-state index contributed by atoms with van der Waals surface area (Å²) in [6, 6.07) is 4.43. The van der Waals surface area contributed by atoms with Crippen molar-refractivity contribution in [1.29, 1.82) is 0 Å². The molecule has 0 aliphatic rings. The molecule has 2 N–H and O–H groups in total. The molecule has 0 bridgehead atoms. The van der Waals surface area contributed by atoms with Crippen molar-refractivity contribution in [2.45, 2.75) is 6.92 Å². The van der Waals surface area contributed by atoms with E-state index in [1.165, 1.54) is 25.4 Å². The quantitative estimate of drug-likeness (QED) is 0.893. The number of carboxylic acid groups (broad SMARTS) is 1. The Balaban J connectivity index is 2.33. The number of amides is 1. The second-order valence-electron chi connectivity index (χ2n) is 4.44. The first-order valence-electron chi connectivity index (χ1n) is 6.15. The van der Waals surface area contributed by atoms with Gasteiger partial charge in [0.25, 0.3) is 5.91 Å². The van der Waals surface area contributed by atoms with E-state index in [0.717, 1.165) is 0 Å². The molecule has 1 aromatic heterocycles. The van der Waals surface area contributed by atoms with Crippen LogP contribution in [-0.4, -0.2) is 33.9 Å². The summed E-state index contributed by atoms with van der Waals surface area (Å²) in [4.78, 5) is 23.4. The van der Waals surface area contributed by atoms with Gasteiger partial charge in [-0.1, -0.05) is 0 Å². The van der Waals surface area contributed by atoms with Crippen LogP contribution in [0.15, 0.2) is 24.4 Å². The number of aryl methyl sites for hydroxylation is 1. The fraction of sp³-hybridized carbons (Fsp3) is 0.214. The number of carbonyl (C=O) groups excluding carboxylic acids is 1. The number of methoxy groups -OCH3 is 1. The average molecular weight is 289 g/mol. The summed E-state index contributed by atoms with van der Waals surface area (Å²) in [6.45, 7) is 1.76. The number of ether oxygens (including phenoxy) is 1. The normalized spacial score (nSPS) is 10.2. The summed E-state index contributed by atoms with van der Waals surface area (Å²) in [6.07, 6.45) is 1.44. The molecule has 0 atom stereocenters. The van der Waals surface area contributed by atoms with Crippen molar-refractivity contribution in [2.75, 3.05) is 12.4 Å². The number of nitrogens with zero attached hydrogens (tertiary/aromatic N) is 2. The smallest absolute Gasteiger partial charge is 0.337 e. The van der Waals surface area contributed by atoms with E-state index in [1.54, 1.807) is 24.7 Å². The maximum absolute atomic E-state index is 12.2. The van der Waals surface area contributed by atoms with Crippen molar-refractivity contribution in [3.8, 4) is 5.75 Å². The highest BCUT2D eigenvalue weighted by atomic mass is 16.5. The maximum Gasteiger partial charge on any atom is 0.337 e. The van der Waals surface area contributed by atoms with E-state index in [2.05, 4.69) is 10.4 Å². The minimum Gasteiger partial charge on any atom is -0.497 e. The molecule has 7 nitrogen and oxygen atoms in total. The van der Waals surface area contributed by atoms with Crippen LogP contribution < -0.4 is 10.1 Å². The zero-order chi connectivity index (χ0) is 15.6. The van der Waals surface area contributed by atoms with Gasteiger partial charge >= 0.3 is 5.97 Å². The molecule has 0 saturated carbocycles. The molecule has 7 heteroatoms. The van der Waals surface area contributed by atoms with Crippen LogP contribution in [0, 0.1) is 6.92 Å². The number of rotatable bonds is 4. The van der Waals surface area contributed by atoms with E-state index in [-0.39, 0.29) is 11.3 Å². The second-order valence-corrected chi connectivity index (χ2v) is 4.44. The fourth-order valence-corrected chi connectivity index (χ4v) is 1.85. The van der Waals surface area contributed by atoms with Crippen molar-refractivity contribution >= 4 is 17.6 Å². The maximum atomic E-state index is 12.2. The first kappa shape index (κ1) is 14.6. The Labute approximate surface area is 121 Å². The highest BCUT2D eigenvalue weighted by Crippen LogP contribution is 2.23. The third-order valence-corrected chi connectivity index (χ3v) is 3.19. The topological polar surface area (TPSA) is 93.5 Å². The van der Waals surface area contributed by atoms with Crippen LogP contribution in [0.25, 0.3) is 0 Å². The zero-order valence-electron chi connectivity index (χ0n) is 11.9. The molecule has 1 amide bonds. The monoisotopic (exact) mass is 289 g/mol. The minimum atomic E-state index is -1.15. The average Bonchev–Trinajstić information content (AvgIpc) is 2.79. The number of hydrogen-bond donors (Lipinski definition) is 2.